The Morgan fingerprint density at radius 2 is 1.69 bits per heavy atom. The number of halogens is 2. The van der Waals surface area contributed by atoms with Crippen LogP contribution in [0.15, 0.2) is 72.8 Å². The average Bonchev–Trinajstić information content (AvgIpc) is 2.86. The number of rotatable bonds is 11. The highest BCUT2D eigenvalue weighted by molar-refractivity contribution is 6.31. The van der Waals surface area contributed by atoms with E-state index in [1.54, 1.807) is 29.2 Å². The highest BCUT2D eigenvalue weighted by atomic mass is 35.5. The highest BCUT2D eigenvalue weighted by Crippen LogP contribution is 2.23. The Morgan fingerprint density at radius 3 is 2.37 bits per heavy atom. The molecule has 0 heterocycles. The maximum absolute atomic E-state index is 13.5. The molecule has 0 radical (unpaired) electrons. The van der Waals surface area contributed by atoms with E-state index < -0.39 is 6.04 Å². The van der Waals surface area contributed by atoms with Gasteiger partial charge in [0.1, 0.15) is 11.8 Å². The third-order valence-corrected chi connectivity index (χ3v) is 6.40. The molecule has 3 aromatic rings. The van der Waals surface area contributed by atoms with Crippen molar-refractivity contribution in [3.63, 3.8) is 0 Å². The van der Waals surface area contributed by atoms with Crippen LogP contribution in [-0.4, -0.2) is 35.9 Å². The summed E-state index contributed by atoms with van der Waals surface area (Å²) in [6, 6.07) is 21.5. The number of nitrogens with zero attached hydrogens (tertiary/aromatic N) is 1. The molecule has 0 saturated heterocycles. The fraction of sp³-hybridized carbons (Fsp3) is 0.286. The van der Waals surface area contributed by atoms with Gasteiger partial charge in [0.05, 0.1) is 0 Å². The van der Waals surface area contributed by atoms with Crippen LogP contribution in [-0.2, 0) is 22.6 Å². The fourth-order valence-electron chi connectivity index (χ4n) is 3.67. The van der Waals surface area contributed by atoms with Crippen LogP contribution in [0, 0.1) is 6.92 Å². The first-order chi connectivity index (χ1) is 16.9. The minimum atomic E-state index is -0.733. The Kier molecular flexibility index (Phi) is 10.0. The molecule has 0 spiro atoms. The second-order valence-corrected chi connectivity index (χ2v) is 9.12. The molecule has 0 aromatic heterocycles. The maximum Gasteiger partial charge on any atom is 0.261 e. The van der Waals surface area contributed by atoms with Crippen molar-refractivity contribution in [2.45, 2.75) is 39.3 Å². The van der Waals surface area contributed by atoms with E-state index in [0.29, 0.717) is 28.8 Å². The molecule has 0 saturated carbocycles. The maximum atomic E-state index is 13.5. The van der Waals surface area contributed by atoms with E-state index in [9.17, 15) is 9.59 Å². The topological polar surface area (TPSA) is 58.6 Å². The molecule has 1 N–H and O–H groups in total. The first kappa shape index (κ1) is 26.6. The summed E-state index contributed by atoms with van der Waals surface area (Å²) in [4.78, 5) is 28.4. The summed E-state index contributed by atoms with van der Waals surface area (Å²) in [6.07, 6.45) is 1.16. The second-order valence-electron chi connectivity index (χ2n) is 8.31. The Hall–Kier alpha value is -3.02. The standard InChI is InChI=1S/C28H30Cl2N2O3/c1-3-15-31-28(34)26(17-21-9-5-4-6-10-21)32(18-22-11-7-8-12-25(22)30)27(33)19-35-23-13-14-24(29)20(2)16-23/h4-14,16,26H,3,15,17-19H2,1-2H3,(H,31,34). The Morgan fingerprint density at radius 1 is 0.971 bits per heavy atom. The zero-order chi connectivity index (χ0) is 25.2. The third kappa shape index (κ3) is 7.74. The van der Waals surface area contributed by atoms with Gasteiger partial charge < -0.3 is 15.0 Å². The highest BCUT2D eigenvalue weighted by Gasteiger charge is 2.31. The summed E-state index contributed by atoms with van der Waals surface area (Å²) in [5.41, 5.74) is 2.56. The second kappa shape index (κ2) is 13.2. The van der Waals surface area contributed by atoms with E-state index in [4.69, 9.17) is 27.9 Å². The van der Waals surface area contributed by atoms with Gasteiger partial charge in [-0.05, 0) is 54.3 Å². The van der Waals surface area contributed by atoms with E-state index in [0.717, 1.165) is 23.1 Å². The van der Waals surface area contributed by atoms with Crippen molar-refractivity contribution < 1.29 is 14.3 Å². The molecule has 5 nitrogen and oxygen atoms in total. The summed E-state index contributed by atoms with van der Waals surface area (Å²) in [7, 11) is 0. The molecule has 35 heavy (non-hydrogen) atoms. The predicted molar refractivity (Wildman–Crippen MR) is 141 cm³/mol. The molecule has 3 rings (SSSR count). The van der Waals surface area contributed by atoms with Gasteiger partial charge in [-0.3, -0.25) is 9.59 Å². The summed E-state index contributed by atoms with van der Waals surface area (Å²) in [5.74, 6) is 0.0107. The summed E-state index contributed by atoms with van der Waals surface area (Å²) in [6.45, 7) is 4.34. The first-order valence-corrected chi connectivity index (χ1v) is 12.4. The monoisotopic (exact) mass is 512 g/mol. The van der Waals surface area contributed by atoms with Crippen molar-refractivity contribution in [2.75, 3.05) is 13.2 Å². The summed E-state index contributed by atoms with van der Waals surface area (Å²) in [5, 5.41) is 4.11. The van der Waals surface area contributed by atoms with Gasteiger partial charge >= 0.3 is 0 Å². The number of aryl methyl sites for hydroxylation is 1. The van der Waals surface area contributed by atoms with Crippen LogP contribution in [0.4, 0.5) is 0 Å². The molecule has 3 aromatic carbocycles. The lowest BCUT2D eigenvalue weighted by atomic mass is 10.0. The number of hydrogen-bond acceptors (Lipinski definition) is 3. The molecule has 0 aliphatic heterocycles. The molecule has 0 aliphatic rings. The van der Waals surface area contributed by atoms with Crippen molar-refractivity contribution in [2.24, 2.45) is 0 Å². The Labute approximate surface area is 217 Å². The first-order valence-electron chi connectivity index (χ1n) is 11.6. The van der Waals surface area contributed by atoms with Crippen LogP contribution in [0.2, 0.25) is 10.0 Å². The van der Waals surface area contributed by atoms with E-state index in [1.165, 1.54) is 0 Å². The van der Waals surface area contributed by atoms with Gasteiger partial charge in [0.15, 0.2) is 6.61 Å². The van der Waals surface area contributed by atoms with Crippen LogP contribution in [0.5, 0.6) is 5.75 Å². The van der Waals surface area contributed by atoms with Crippen LogP contribution in [0.25, 0.3) is 0 Å². The van der Waals surface area contributed by atoms with E-state index >= 15 is 0 Å². The minimum absolute atomic E-state index is 0.179. The van der Waals surface area contributed by atoms with Crippen molar-refractivity contribution >= 4 is 35.0 Å². The number of ether oxygens (including phenoxy) is 1. The molecule has 7 heteroatoms. The number of carbonyl (C=O) groups is 2. The van der Waals surface area contributed by atoms with Gasteiger partial charge in [0, 0.05) is 29.6 Å². The van der Waals surface area contributed by atoms with Crippen LogP contribution in [0.1, 0.15) is 30.0 Å². The molecule has 1 atom stereocenters. The average molecular weight is 513 g/mol. The zero-order valence-electron chi connectivity index (χ0n) is 20.0. The molecule has 1 unspecified atom stereocenters. The molecule has 0 fully saturated rings. The van der Waals surface area contributed by atoms with E-state index in [2.05, 4.69) is 5.32 Å². The lowest BCUT2D eigenvalue weighted by Crippen LogP contribution is -2.51. The molecule has 0 aliphatic carbocycles. The van der Waals surface area contributed by atoms with Crippen molar-refractivity contribution in [1.82, 2.24) is 10.2 Å². The van der Waals surface area contributed by atoms with Gasteiger partial charge in [-0.15, -0.1) is 0 Å². The lowest BCUT2D eigenvalue weighted by Gasteiger charge is -2.31. The lowest BCUT2D eigenvalue weighted by molar-refractivity contribution is -0.142. The quantitative estimate of drug-likeness (QED) is 0.350. The predicted octanol–water partition coefficient (Wildman–Crippen LogP) is 5.85. The number of amides is 2. The smallest absolute Gasteiger partial charge is 0.261 e. The third-order valence-electron chi connectivity index (χ3n) is 5.61. The molecule has 2 amide bonds. The Balaban J connectivity index is 1.90. The molecular weight excluding hydrogens is 483 g/mol. The number of nitrogens with one attached hydrogen (secondary N) is 1. The minimum Gasteiger partial charge on any atom is -0.484 e. The SMILES string of the molecule is CCCNC(=O)C(Cc1ccccc1)N(Cc1ccccc1Cl)C(=O)COc1ccc(Cl)c(C)c1. The molecule has 0 bridgehead atoms. The van der Waals surface area contributed by atoms with Crippen molar-refractivity contribution in [3.05, 3.63) is 99.5 Å². The summed E-state index contributed by atoms with van der Waals surface area (Å²) < 4.78 is 5.80. The zero-order valence-corrected chi connectivity index (χ0v) is 21.5. The van der Waals surface area contributed by atoms with Gasteiger partial charge in [-0.1, -0.05) is 78.7 Å². The fourth-order valence-corrected chi connectivity index (χ4v) is 3.98. The van der Waals surface area contributed by atoms with Crippen molar-refractivity contribution in [1.29, 1.82) is 0 Å². The van der Waals surface area contributed by atoms with Crippen LogP contribution >= 0.6 is 23.2 Å². The number of carbonyl (C=O) groups excluding carboxylic acids is 2. The van der Waals surface area contributed by atoms with Gasteiger partial charge in [-0.2, -0.15) is 0 Å². The largest absolute Gasteiger partial charge is 0.484 e. The Bertz CT molecular complexity index is 1140. The molecule has 184 valence electrons. The number of hydrogen-bond donors (Lipinski definition) is 1. The van der Waals surface area contributed by atoms with E-state index in [1.807, 2.05) is 62.4 Å². The van der Waals surface area contributed by atoms with Crippen LogP contribution in [0.3, 0.4) is 0 Å². The van der Waals surface area contributed by atoms with Crippen molar-refractivity contribution in [3.8, 4) is 5.75 Å². The summed E-state index contributed by atoms with van der Waals surface area (Å²) >= 11 is 12.5. The number of benzene rings is 3. The van der Waals surface area contributed by atoms with Gasteiger partial charge in [0.25, 0.3) is 5.91 Å². The normalized spacial score (nSPS) is 11.5. The van der Waals surface area contributed by atoms with Gasteiger partial charge in [-0.25, -0.2) is 0 Å². The van der Waals surface area contributed by atoms with Gasteiger partial charge in [0.2, 0.25) is 5.91 Å². The van der Waals surface area contributed by atoms with Crippen LogP contribution < -0.4 is 10.1 Å². The molecular formula is C28H30Cl2N2O3. The van der Waals surface area contributed by atoms with E-state index in [-0.39, 0.29) is 25.0 Å².